The maximum atomic E-state index is 12.4. The minimum atomic E-state index is -3.86. The van der Waals surface area contributed by atoms with E-state index in [-0.39, 0.29) is 57.0 Å². The second kappa shape index (κ2) is 16.9. The van der Waals surface area contributed by atoms with Crippen LogP contribution in [0.3, 0.4) is 0 Å². The molecule has 0 spiro atoms. The summed E-state index contributed by atoms with van der Waals surface area (Å²) >= 11 is 0. The Kier molecular flexibility index (Phi) is 6.69. The Morgan fingerprint density at radius 3 is 2.00 bits per heavy atom. The predicted octanol–water partition coefficient (Wildman–Crippen LogP) is 16.3. The van der Waals surface area contributed by atoms with E-state index in [2.05, 4.69) is 4.98 Å². The molecule has 1 N–H and O–H groups in total. The van der Waals surface area contributed by atoms with Crippen molar-refractivity contribution < 1.29 is 31.2 Å². The number of aryl methyl sites for hydroxylation is 1. The summed E-state index contributed by atoms with van der Waals surface area (Å²) in [4.78, 5) is 10.1. The van der Waals surface area contributed by atoms with Crippen LogP contribution in [0.4, 0.5) is 0 Å². The van der Waals surface area contributed by atoms with Crippen LogP contribution in [-0.2, 0) is 5.41 Å². The number of aromatic hydroxyl groups is 1. The zero-order chi connectivity index (χ0) is 60.8. The number of hydrogen-bond donors (Lipinski definition) is 1. The van der Waals surface area contributed by atoms with E-state index in [9.17, 15) is 5.11 Å². The fourth-order valence-corrected chi connectivity index (χ4v) is 8.12. The summed E-state index contributed by atoms with van der Waals surface area (Å²) in [6.07, 6.45) is 1.36. The van der Waals surface area contributed by atoms with E-state index >= 15 is 0 Å². The molecule has 0 fully saturated rings. The second-order valence-electron chi connectivity index (χ2n) is 16.6. The minimum Gasteiger partial charge on any atom is -0.507 e. The first kappa shape index (κ1) is 25.3. The molecule has 0 atom stereocenters. The third-order valence-electron chi connectivity index (χ3n) is 11.5. The number of phenols is 1. The van der Waals surface area contributed by atoms with Gasteiger partial charge in [0.2, 0.25) is 0 Å². The van der Waals surface area contributed by atoms with Gasteiger partial charge < -0.3 is 5.11 Å². The predicted molar refractivity (Wildman–Crippen MR) is 269 cm³/mol. The van der Waals surface area contributed by atoms with E-state index in [1.165, 1.54) is 24.4 Å². The average Bonchev–Trinajstić information content (AvgIpc) is 1.15. The van der Waals surface area contributed by atoms with Gasteiger partial charge in [-0.15, -0.1) is 0 Å². The van der Waals surface area contributed by atoms with Crippen LogP contribution in [0, 0.1) is 13.7 Å². The summed E-state index contributed by atoms with van der Waals surface area (Å²) in [7, 11) is 0. The summed E-state index contributed by atoms with van der Waals surface area (Å²) < 4.78 is 165. The molecule has 4 nitrogen and oxygen atoms in total. The van der Waals surface area contributed by atoms with Gasteiger partial charge in [-0.25, -0.2) is 4.98 Å². The lowest BCUT2D eigenvalue weighted by Gasteiger charge is -2.19. The fraction of sp³-hybridized carbons (Fsp3) is 0.200. The number of rotatable bonds is 9. The SMILES string of the molecule is [2H]c1c([2H])c(C(C([2H])([2H])[2H])(C([2H])([2H])[2H])C([2H])([2H])[2H])c([2H])c([2H])c1-c1ccnc(-c2cc(-c3ccccc3)cc(-c3cccc4c3nc(-c3cc(C(C)C)cc(C(C)C)c3O)n4-c3cc(-c4ccccc4)c(C([2H])([2H])[2H])c(C([2H])([2H])[2H])c3)c2)c1. The summed E-state index contributed by atoms with van der Waals surface area (Å²) in [6.45, 7) is -9.39. The topological polar surface area (TPSA) is 50.9 Å². The molecule has 64 heavy (non-hydrogen) atoms. The lowest BCUT2D eigenvalue weighted by Crippen LogP contribution is -2.10. The third kappa shape index (κ3) is 8.05. The lowest BCUT2D eigenvalue weighted by molar-refractivity contribution is 0.466. The number of para-hydroxylation sites is 1. The monoisotopic (exact) mass is 855 g/mol. The number of hydrogen-bond acceptors (Lipinski definition) is 3. The highest BCUT2D eigenvalue weighted by atomic mass is 16.3. The first-order valence-electron chi connectivity index (χ1n) is 30.5. The Bertz CT molecular complexity index is 3900. The fourth-order valence-electron chi connectivity index (χ4n) is 8.12. The number of phenolic OH excluding ortho intramolecular Hbond substituents is 1. The standard InChI is InChI=1S/C60H57N3O/c1-37(2)45-33-52(38(3)4)58(64)54(34-45)59-62-57-51(21-16-22-56(57)63(59)50-29-39(5)40(6)53(36-50)43-19-14-11-15-20-43)47-30-46(41-17-12-10-13-18-41)31-48(32-47)55-35-44(27-28-61-55)42-23-25-49(26-24-42)60(7,8)9/h10-38,64H,1-9H3/i5D3,6D3,7D3,8D3,9D3,23D,24D,25D,26D. The highest BCUT2D eigenvalue weighted by Gasteiger charge is 2.25. The van der Waals surface area contributed by atoms with Gasteiger partial charge in [-0.1, -0.05) is 151 Å². The summed E-state index contributed by atoms with van der Waals surface area (Å²) in [6, 6.07) is 34.7. The van der Waals surface area contributed by atoms with Crippen LogP contribution in [-0.4, -0.2) is 19.6 Å². The van der Waals surface area contributed by atoms with E-state index in [0.717, 1.165) is 11.1 Å². The van der Waals surface area contributed by atoms with Crippen molar-refractivity contribution in [2.24, 2.45) is 0 Å². The highest BCUT2D eigenvalue weighted by molar-refractivity contribution is 5.98. The Labute approximate surface area is 405 Å². The highest BCUT2D eigenvalue weighted by Crippen LogP contribution is 2.44. The Morgan fingerprint density at radius 2 is 1.31 bits per heavy atom. The van der Waals surface area contributed by atoms with Crippen LogP contribution >= 0.6 is 0 Å². The van der Waals surface area contributed by atoms with E-state index in [0.29, 0.717) is 50.0 Å². The minimum absolute atomic E-state index is 0.0107. The van der Waals surface area contributed by atoms with Crippen molar-refractivity contribution in [1.29, 1.82) is 0 Å². The molecule has 9 aromatic rings. The van der Waals surface area contributed by atoms with Crippen LogP contribution in [0.5, 0.6) is 5.75 Å². The Balaban J connectivity index is 1.34. The number of fused-ring (bicyclic) bond motifs is 1. The maximum absolute atomic E-state index is 12.4. The van der Waals surface area contributed by atoms with Crippen LogP contribution < -0.4 is 0 Å². The molecule has 318 valence electrons. The zero-order valence-electron chi connectivity index (χ0n) is 54.7. The van der Waals surface area contributed by atoms with Gasteiger partial charge in [0.05, 0.1) is 27.8 Å². The van der Waals surface area contributed by atoms with Crippen molar-refractivity contribution in [1.82, 2.24) is 14.5 Å². The first-order chi connectivity index (χ1) is 38.6. The molecule has 0 aliphatic heterocycles. The molecule has 2 heterocycles. The molecule has 0 saturated carbocycles. The van der Waals surface area contributed by atoms with Crippen LogP contribution in [0.25, 0.3) is 83.9 Å². The largest absolute Gasteiger partial charge is 0.507 e. The number of pyridine rings is 1. The van der Waals surface area contributed by atoms with Crippen molar-refractivity contribution in [2.75, 3.05) is 0 Å². The van der Waals surface area contributed by atoms with Crippen LogP contribution in [0.1, 0.15) is 114 Å². The van der Waals surface area contributed by atoms with Gasteiger partial charge in [0.25, 0.3) is 0 Å². The number of imidazole rings is 1. The summed E-state index contributed by atoms with van der Waals surface area (Å²) in [5.41, 5.74) is 0.750. The molecule has 0 radical (unpaired) electrons. The van der Waals surface area contributed by atoms with Gasteiger partial charge in [-0.3, -0.25) is 9.55 Å². The molecule has 2 aromatic heterocycles. The van der Waals surface area contributed by atoms with Crippen LogP contribution in [0.15, 0.2) is 164 Å². The number of benzene rings is 7. The number of nitrogens with zero attached hydrogens (tertiary/aromatic N) is 3. The van der Waals surface area contributed by atoms with Crippen molar-refractivity contribution in [3.63, 3.8) is 0 Å². The van der Waals surface area contributed by atoms with Gasteiger partial charge in [-0.05, 0) is 152 Å². The average molecular weight is 855 g/mol. The molecule has 0 amide bonds. The van der Waals surface area contributed by atoms with Crippen molar-refractivity contribution in [3.8, 4) is 78.6 Å². The molecule has 0 saturated heterocycles. The molecule has 0 aliphatic carbocycles. The Morgan fingerprint density at radius 1 is 0.594 bits per heavy atom. The molecule has 4 heteroatoms. The molecule has 0 unspecified atom stereocenters. The van der Waals surface area contributed by atoms with Crippen LogP contribution in [0.2, 0.25) is 0 Å². The number of aromatic nitrogens is 3. The van der Waals surface area contributed by atoms with E-state index < -0.39 is 75.0 Å². The molecule has 9 rings (SSSR count). The smallest absolute Gasteiger partial charge is 0.149 e. The van der Waals surface area contributed by atoms with E-state index in [1.54, 1.807) is 53.1 Å². The molecular weight excluding hydrogens is 779 g/mol. The maximum Gasteiger partial charge on any atom is 0.149 e. The quantitative estimate of drug-likeness (QED) is 0.157. The molecular formula is C60H57N3O. The normalized spacial score (nSPS) is 17.2. The summed E-state index contributed by atoms with van der Waals surface area (Å²) in [5, 5.41) is 12.4. The molecule has 0 bridgehead atoms. The van der Waals surface area contributed by atoms with Gasteiger partial charge in [0.15, 0.2) is 0 Å². The van der Waals surface area contributed by atoms with Crippen molar-refractivity contribution >= 4 is 11.0 Å². The zero-order valence-corrected chi connectivity index (χ0v) is 35.7. The molecule has 0 aliphatic rings. The van der Waals surface area contributed by atoms with E-state index in [1.807, 2.05) is 94.4 Å². The first-order valence-corrected chi connectivity index (χ1v) is 21.0. The van der Waals surface area contributed by atoms with Gasteiger partial charge in [0, 0.05) is 43.6 Å². The van der Waals surface area contributed by atoms with Gasteiger partial charge in [-0.2, -0.15) is 0 Å². The lowest BCUT2D eigenvalue weighted by atomic mass is 9.86. The Hall–Kier alpha value is -7.04. The van der Waals surface area contributed by atoms with E-state index in [4.69, 9.17) is 31.0 Å². The van der Waals surface area contributed by atoms with Crippen molar-refractivity contribution in [3.05, 3.63) is 192 Å². The second-order valence-corrected chi connectivity index (χ2v) is 16.6. The van der Waals surface area contributed by atoms with Crippen molar-refractivity contribution in [2.45, 2.75) is 79.2 Å². The molecule has 7 aromatic carbocycles. The summed E-state index contributed by atoms with van der Waals surface area (Å²) in [5.74, 6) is 0.00966. The van der Waals surface area contributed by atoms with Gasteiger partial charge in [0.1, 0.15) is 11.6 Å². The van der Waals surface area contributed by atoms with Gasteiger partial charge >= 0.3 is 0 Å². The third-order valence-corrected chi connectivity index (χ3v) is 11.5.